The summed E-state index contributed by atoms with van der Waals surface area (Å²) in [5.41, 5.74) is 0.543. The highest BCUT2D eigenvalue weighted by Crippen LogP contribution is 2.09. The molecule has 1 atom stereocenters. The molecule has 0 aliphatic rings. The van der Waals surface area contributed by atoms with Crippen molar-refractivity contribution in [3.8, 4) is 0 Å². The summed E-state index contributed by atoms with van der Waals surface area (Å²) >= 11 is 0. The fraction of sp³-hybridized carbons (Fsp3) is 0.300. The second kappa shape index (κ2) is 5.15. The van der Waals surface area contributed by atoms with E-state index in [4.69, 9.17) is 14.6 Å². The maximum Gasteiger partial charge on any atom is 0.326 e. The van der Waals surface area contributed by atoms with Crippen molar-refractivity contribution in [2.75, 3.05) is 0 Å². The topological polar surface area (TPSA) is 117 Å². The highest BCUT2D eigenvalue weighted by molar-refractivity contribution is 5.96. The molecule has 7 heteroatoms. The molecule has 7 nitrogen and oxygen atoms in total. The van der Waals surface area contributed by atoms with Gasteiger partial charge < -0.3 is 19.9 Å². The van der Waals surface area contributed by atoms with Crippen LogP contribution in [-0.2, 0) is 9.59 Å². The summed E-state index contributed by atoms with van der Waals surface area (Å²) in [4.78, 5) is 32.7. The molecule has 0 fully saturated rings. The quantitative estimate of drug-likeness (QED) is 0.680. The average molecular weight is 241 g/mol. The second-order valence-electron chi connectivity index (χ2n) is 3.39. The molecule has 1 heterocycles. The van der Waals surface area contributed by atoms with E-state index in [1.165, 1.54) is 6.26 Å². The van der Waals surface area contributed by atoms with Crippen LogP contribution in [0.1, 0.15) is 22.5 Å². The summed E-state index contributed by atoms with van der Waals surface area (Å²) in [5, 5.41) is 19.3. The SMILES string of the molecule is Cc1ccoc1C(=O)N[C@@H](CC(=O)O)C(=O)O. The molecular weight excluding hydrogens is 230 g/mol. The highest BCUT2D eigenvalue weighted by atomic mass is 16.4. The number of aliphatic carboxylic acids is 2. The zero-order chi connectivity index (χ0) is 13.0. The first kappa shape index (κ1) is 12.8. The van der Waals surface area contributed by atoms with Crippen molar-refractivity contribution in [1.29, 1.82) is 0 Å². The number of nitrogens with one attached hydrogen (secondary N) is 1. The van der Waals surface area contributed by atoms with Crippen molar-refractivity contribution in [3.63, 3.8) is 0 Å². The number of carboxylic acids is 2. The summed E-state index contributed by atoms with van der Waals surface area (Å²) in [7, 11) is 0. The van der Waals surface area contributed by atoms with Gasteiger partial charge in [0.1, 0.15) is 6.04 Å². The molecule has 92 valence electrons. The van der Waals surface area contributed by atoms with Crippen LogP contribution in [0.3, 0.4) is 0 Å². The molecule has 17 heavy (non-hydrogen) atoms. The van der Waals surface area contributed by atoms with E-state index in [0.717, 1.165) is 0 Å². The normalized spacial score (nSPS) is 11.8. The van der Waals surface area contributed by atoms with E-state index in [1.54, 1.807) is 13.0 Å². The van der Waals surface area contributed by atoms with Gasteiger partial charge in [-0.25, -0.2) is 4.79 Å². The maximum absolute atomic E-state index is 11.6. The van der Waals surface area contributed by atoms with Crippen LogP contribution in [0.4, 0.5) is 0 Å². The van der Waals surface area contributed by atoms with Crippen molar-refractivity contribution >= 4 is 17.8 Å². The minimum Gasteiger partial charge on any atom is -0.481 e. The number of hydrogen-bond donors (Lipinski definition) is 3. The predicted octanol–water partition coefficient (Wildman–Crippen LogP) is 0.246. The average Bonchev–Trinajstić information content (AvgIpc) is 2.62. The zero-order valence-electron chi connectivity index (χ0n) is 8.97. The summed E-state index contributed by atoms with van der Waals surface area (Å²) in [5.74, 6) is -3.50. The van der Waals surface area contributed by atoms with Crippen LogP contribution in [0.15, 0.2) is 16.7 Å². The molecular formula is C10H11NO6. The monoisotopic (exact) mass is 241 g/mol. The lowest BCUT2D eigenvalue weighted by atomic mass is 10.2. The molecule has 1 aromatic rings. The Kier molecular flexibility index (Phi) is 3.86. The summed E-state index contributed by atoms with van der Waals surface area (Å²) in [6, 6.07) is 0.0616. The van der Waals surface area contributed by atoms with Crippen LogP contribution < -0.4 is 5.32 Å². The summed E-state index contributed by atoms with van der Waals surface area (Å²) in [6.45, 7) is 1.62. The molecule has 0 saturated heterocycles. The van der Waals surface area contributed by atoms with E-state index in [0.29, 0.717) is 5.56 Å². The van der Waals surface area contributed by atoms with Crippen molar-refractivity contribution in [1.82, 2.24) is 5.32 Å². The van der Waals surface area contributed by atoms with Gasteiger partial charge in [0.15, 0.2) is 5.76 Å². The summed E-state index contributed by atoms with van der Waals surface area (Å²) < 4.78 is 4.86. The largest absolute Gasteiger partial charge is 0.481 e. The fourth-order valence-electron chi connectivity index (χ4n) is 1.20. The van der Waals surface area contributed by atoms with E-state index in [-0.39, 0.29) is 5.76 Å². The van der Waals surface area contributed by atoms with Gasteiger partial charge in [-0.15, -0.1) is 0 Å². The third kappa shape index (κ3) is 3.33. The number of carbonyl (C=O) groups excluding carboxylic acids is 1. The second-order valence-corrected chi connectivity index (χ2v) is 3.39. The van der Waals surface area contributed by atoms with Crippen LogP contribution >= 0.6 is 0 Å². The van der Waals surface area contributed by atoms with Gasteiger partial charge in [-0.2, -0.15) is 0 Å². The van der Waals surface area contributed by atoms with Crippen LogP contribution in [0.2, 0.25) is 0 Å². The lowest BCUT2D eigenvalue weighted by Crippen LogP contribution is -2.42. The summed E-state index contributed by atoms with van der Waals surface area (Å²) in [6.07, 6.45) is 0.595. The van der Waals surface area contributed by atoms with E-state index in [2.05, 4.69) is 5.32 Å². The number of carboxylic acid groups (broad SMARTS) is 2. The fourth-order valence-corrected chi connectivity index (χ4v) is 1.20. The van der Waals surface area contributed by atoms with E-state index in [1.807, 2.05) is 0 Å². The Balaban J connectivity index is 2.74. The Hall–Kier alpha value is -2.31. The minimum absolute atomic E-state index is 0.0263. The van der Waals surface area contributed by atoms with E-state index in [9.17, 15) is 14.4 Å². The van der Waals surface area contributed by atoms with Gasteiger partial charge in [0.05, 0.1) is 12.7 Å². The van der Waals surface area contributed by atoms with E-state index >= 15 is 0 Å². The number of carbonyl (C=O) groups is 3. The number of aryl methyl sites for hydroxylation is 1. The van der Waals surface area contributed by atoms with Gasteiger partial charge in [-0.1, -0.05) is 0 Å². The molecule has 0 radical (unpaired) electrons. The Bertz CT molecular complexity index is 449. The molecule has 0 unspecified atom stereocenters. The highest BCUT2D eigenvalue weighted by Gasteiger charge is 2.25. The van der Waals surface area contributed by atoms with Crippen LogP contribution in [0.5, 0.6) is 0 Å². The van der Waals surface area contributed by atoms with Crippen LogP contribution in [-0.4, -0.2) is 34.1 Å². The van der Waals surface area contributed by atoms with Gasteiger partial charge in [-0.3, -0.25) is 9.59 Å². The molecule has 0 spiro atoms. The number of hydrogen-bond acceptors (Lipinski definition) is 4. The van der Waals surface area contributed by atoms with Crippen molar-refractivity contribution < 1.29 is 29.0 Å². The maximum atomic E-state index is 11.6. The molecule has 0 aliphatic heterocycles. The lowest BCUT2D eigenvalue weighted by molar-refractivity contribution is -0.145. The van der Waals surface area contributed by atoms with Gasteiger partial charge in [0, 0.05) is 5.56 Å². The van der Waals surface area contributed by atoms with Gasteiger partial charge in [-0.05, 0) is 13.0 Å². The van der Waals surface area contributed by atoms with Crippen molar-refractivity contribution in [2.24, 2.45) is 0 Å². The van der Waals surface area contributed by atoms with Crippen LogP contribution in [0.25, 0.3) is 0 Å². The standard InChI is InChI=1S/C10H11NO6/c1-5-2-3-17-8(5)9(14)11-6(10(15)16)4-7(12)13/h2-3,6H,4H2,1H3,(H,11,14)(H,12,13)(H,15,16)/t6-/m0/s1. The Morgan fingerprint density at radius 3 is 2.47 bits per heavy atom. The third-order valence-electron chi connectivity index (χ3n) is 2.05. The molecule has 1 rings (SSSR count). The number of rotatable bonds is 5. The molecule has 0 aromatic carbocycles. The molecule has 0 aliphatic carbocycles. The molecule has 3 N–H and O–H groups in total. The lowest BCUT2D eigenvalue weighted by Gasteiger charge is -2.11. The van der Waals surface area contributed by atoms with Gasteiger partial charge in [0.25, 0.3) is 5.91 Å². The molecule has 1 aromatic heterocycles. The Morgan fingerprint density at radius 2 is 2.06 bits per heavy atom. The Morgan fingerprint density at radius 1 is 1.41 bits per heavy atom. The van der Waals surface area contributed by atoms with Crippen LogP contribution in [0, 0.1) is 6.92 Å². The Labute approximate surface area is 96.0 Å². The molecule has 0 bridgehead atoms. The first-order valence-corrected chi connectivity index (χ1v) is 4.71. The first-order chi connectivity index (χ1) is 7.91. The van der Waals surface area contributed by atoms with Gasteiger partial charge >= 0.3 is 11.9 Å². The smallest absolute Gasteiger partial charge is 0.326 e. The zero-order valence-corrected chi connectivity index (χ0v) is 8.97. The minimum atomic E-state index is -1.48. The number of furan rings is 1. The first-order valence-electron chi connectivity index (χ1n) is 4.71. The van der Waals surface area contributed by atoms with Gasteiger partial charge in [0.2, 0.25) is 0 Å². The third-order valence-corrected chi connectivity index (χ3v) is 2.05. The predicted molar refractivity (Wildman–Crippen MR) is 54.6 cm³/mol. The molecule has 1 amide bonds. The van der Waals surface area contributed by atoms with Crippen molar-refractivity contribution in [3.05, 3.63) is 23.7 Å². The molecule has 0 saturated carbocycles. The van der Waals surface area contributed by atoms with E-state index < -0.39 is 30.3 Å². The number of amides is 1. The van der Waals surface area contributed by atoms with Crippen molar-refractivity contribution in [2.45, 2.75) is 19.4 Å².